The normalized spacial score (nSPS) is 19.9. The van der Waals surface area contributed by atoms with E-state index in [1.54, 1.807) is 11.9 Å². The summed E-state index contributed by atoms with van der Waals surface area (Å²) in [5.74, 6) is -0.850. The van der Waals surface area contributed by atoms with Crippen LogP contribution in [0.4, 0.5) is 0 Å². The van der Waals surface area contributed by atoms with Gasteiger partial charge in [0.2, 0.25) is 5.91 Å². The summed E-state index contributed by atoms with van der Waals surface area (Å²) >= 11 is 0. The zero-order valence-corrected chi connectivity index (χ0v) is 10.4. The molecule has 1 unspecified atom stereocenters. The van der Waals surface area contributed by atoms with E-state index >= 15 is 0 Å². The molecule has 0 bridgehead atoms. The molecule has 1 saturated heterocycles. The molecule has 5 heteroatoms. The average molecular weight is 243 g/mol. The van der Waals surface area contributed by atoms with E-state index in [2.05, 4.69) is 0 Å². The minimum atomic E-state index is -0.851. The maximum absolute atomic E-state index is 11.7. The summed E-state index contributed by atoms with van der Waals surface area (Å²) in [4.78, 5) is 23.6. The van der Waals surface area contributed by atoms with Crippen molar-refractivity contribution in [3.8, 4) is 0 Å². The number of carbonyl (C=O) groups is 2. The number of carboxylic acid groups (broad SMARTS) is 1. The van der Waals surface area contributed by atoms with Gasteiger partial charge in [-0.25, -0.2) is 0 Å². The first-order valence-electron chi connectivity index (χ1n) is 6.17. The van der Waals surface area contributed by atoms with Crippen LogP contribution in [0.1, 0.15) is 38.5 Å². The Hall–Kier alpha value is -1.10. The number of amides is 1. The predicted octanol–water partition coefficient (Wildman–Crippen LogP) is 1.27. The molecule has 1 rings (SSSR count). The lowest BCUT2D eigenvalue weighted by Gasteiger charge is -2.27. The minimum absolute atomic E-state index is 0.000392. The summed E-state index contributed by atoms with van der Waals surface area (Å²) < 4.78 is 5.55. The van der Waals surface area contributed by atoms with E-state index < -0.39 is 5.97 Å². The monoisotopic (exact) mass is 243 g/mol. The van der Waals surface area contributed by atoms with Crippen LogP contribution in [-0.4, -0.2) is 48.2 Å². The van der Waals surface area contributed by atoms with Gasteiger partial charge in [-0.2, -0.15) is 0 Å². The van der Waals surface area contributed by atoms with Crippen molar-refractivity contribution in [1.29, 1.82) is 0 Å². The molecule has 1 fully saturated rings. The van der Waals surface area contributed by atoms with Gasteiger partial charge < -0.3 is 14.7 Å². The van der Waals surface area contributed by atoms with Crippen molar-refractivity contribution in [1.82, 2.24) is 4.90 Å². The van der Waals surface area contributed by atoms with Gasteiger partial charge in [0, 0.05) is 33.0 Å². The van der Waals surface area contributed by atoms with Crippen LogP contribution in [0.3, 0.4) is 0 Å². The lowest BCUT2D eigenvalue weighted by atomic mass is 10.1. The van der Waals surface area contributed by atoms with E-state index in [1.165, 1.54) is 0 Å². The fourth-order valence-corrected chi connectivity index (χ4v) is 1.94. The van der Waals surface area contributed by atoms with Gasteiger partial charge in [0.1, 0.15) is 0 Å². The van der Waals surface area contributed by atoms with E-state index in [4.69, 9.17) is 9.84 Å². The van der Waals surface area contributed by atoms with Gasteiger partial charge in [0.05, 0.1) is 6.10 Å². The first-order chi connectivity index (χ1) is 8.09. The Labute approximate surface area is 102 Å². The molecule has 0 saturated carbocycles. The van der Waals surface area contributed by atoms with Crippen LogP contribution in [0.25, 0.3) is 0 Å². The summed E-state index contributed by atoms with van der Waals surface area (Å²) in [6.07, 6.45) is 4.18. The molecule has 0 aromatic heterocycles. The molecule has 1 amide bonds. The number of likely N-dealkylation sites (N-methyl/N-ethyl adjacent to an activating group) is 1. The highest BCUT2D eigenvalue weighted by atomic mass is 16.5. The van der Waals surface area contributed by atoms with Gasteiger partial charge in [0.15, 0.2) is 0 Å². The van der Waals surface area contributed by atoms with Crippen molar-refractivity contribution >= 4 is 11.9 Å². The number of ether oxygens (including phenoxy) is 1. The highest BCUT2D eigenvalue weighted by molar-refractivity contribution is 5.76. The number of nitrogens with zero attached hydrogens (tertiary/aromatic N) is 1. The highest BCUT2D eigenvalue weighted by Crippen LogP contribution is 2.13. The second-order valence-electron chi connectivity index (χ2n) is 4.51. The van der Waals surface area contributed by atoms with Crippen molar-refractivity contribution in [3.05, 3.63) is 0 Å². The number of carboxylic acids is 1. The summed E-state index contributed by atoms with van der Waals surface area (Å²) in [6, 6.07) is 0. The van der Waals surface area contributed by atoms with Crippen LogP contribution in [-0.2, 0) is 14.3 Å². The van der Waals surface area contributed by atoms with Gasteiger partial charge in [0.25, 0.3) is 0 Å². The van der Waals surface area contributed by atoms with E-state index in [9.17, 15) is 9.59 Å². The number of hydrogen-bond acceptors (Lipinski definition) is 3. The second-order valence-corrected chi connectivity index (χ2v) is 4.51. The third kappa shape index (κ3) is 5.68. The molecule has 98 valence electrons. The molecular formula is C12H21NO4. The van der Waals surface area contributed by atoms with E-state index in [0.717, 1.165) is 25.9 Å². The summed E-state index contributed by atoms with van der Waals surface area (Å²) in [5, 5.41) is 8.48. The molecule has 5 nitrogen and oxygen atoms in total. The Bertz CT molecular complexity index is 261. The Kier molecular flexibility index (Phi) is 5.97. The lowest BCUT2D eigenvalue weighted by Crippen LogP contribution is -2.37. The van der Waals surface area contributed by atoms with Crippen molar-refractivity contribution < 1.29 is 19.4 Å². The molecule has 17 heavy (non-hydrogen) atoms. The smallest absolute Gasteiger partial charge is 0.303 e. The van der Waals surface area contributed by atoms with Crippen molar-refractivity contribution in [3.63, 3.8) is 0 Å². The van der Waals surface area contributed by atoms with Gasteiger partial charge in [-0.3, -0.25) is 9.59 Å². The molecule has 1 N–H and O–H groups in total. The van der Waals surface area contributed by atoms with Crippen molar-refractivity contribution in [2.45, 2.75) is 44.6 Å². The van der Waals surface area contributed by atoms with E-state index in [-0.39, 0.29) is 18.4 Å². The molecular weight excluding hydrogens is 222 g/mol. The van der Waals surface area contributed by atoms with Gasteiger partial charge in [-0.05, 0) is 25.7 Å². The Morgan fingerprint density at radius 1 is 1.35 bits per heavy atom. The van der Waals surface area contributed by atoms with Crippen LogP contribution in [0.5, 0.6) is 0 Å². The topological polar surface area (TPSA) is 66.8 Å². The molecule has 0 radical (unpaired) electrons. The summed E-state index contributed by atoms with van der Waals surface area (Å²) in [5.41, 5.74) is 0. The molecule has 0 aromatic carbocycles. The van der Waals surface area contributed by atoms with Gasteiger partial charge in [-0.15, -0.1) is 0 Å². The number of hydrogen-bond donors (Lipinski definition) is 1. The van der Waals surface area contributed by atoms with Crippen LogP contribution in [0, 0.1) is 0 Å². The Morgan fingerprint density at radius 3 is 2.71 bits per heavy atom. The number of rotatable bonds is 6. The maximum atomic E-state index is 11.7. The zero-order valence-electron chi connectivity index (χ0n) is 10.4. The second kappa shape index (κ2) is 7.27. The summed E-state index contributed by atoms with van der Waals surface area (Å²) in [6.45, 7) is 1.40. The first-order valence-corrected chi connectivity index (χ1v) is 6.17. The predicted molar refractivity (Wildman–Crippen MR) is 62.7 cm³/mol. The molecule has 1 heterocycles. The van der Waals surface area contributed by atoms with Gasteiger partial charge >= 0.3 is 5.97 Å². The molecule has 0 aromatic rings. The van der Waals surface area contributed by atoms with Crippen LogP contribution < -0.4 is 0 Å². The zero-order chi connectivity index (χ0) is 12.7. The average Bonchev–Trinajstić information content (AvgIpc) is 2.29. The Balaban J connectivity index is 2.18. The third-order valence-electron chi connectivity index (χ3n) is 2.96. The first kappa shape index (κ1) is 14.0. The summed E-state index contributed by atoms with van der Waals surface area (Å²) in [7, 11) is 1.75. The molecule has 1 atom stereocenters. The van der Waals surface area contributed by atoms with Crippen LogP contribution in [0.2, 0.25) is 0 Å². The number of aliphatic carboxylic acids is 1. The number of carbonyl (C=O) groups excluding carboxylic acids is 1. The van der Waals surface area contributed by atoms with Crippen LogP contribution >= 0.6 is 0 Å². The van der Waals surface area contributed by atoms with Crippen molar-refractivity contribution in [2.75, 3.05) is 20.2 Å². The van der Waals surface area contributed by atoms with E-state index in [0.29, 0.717) is 19.4 Å². The van der Waals surface area contributed by atoms with Gasteiger partial charge in [-0.1, -0.05) is 0 Å². The Morgan fingerprint density at radius 2 is 2.12 bits per heavy atom. The minimum Gasteiger partial charge on any atom is -0.481 e. The largest absolute Gasteiger partial charge is 0.481 e. The van der Waals surface area contributed by atoms with Crippen molar-refractivity contribution in [2.24, 2.45) is 0 Å². The quantitative estimate of drug-likeness (QED) is 0.763. The molecule has 1 aliphatic heterocycles. The van der Waals surface area contributed by atoms with Crippen LogP contribution in [0.15, 0.2) is 0 Å². The molecule has 0 aliphatic carbocycles. The third-order valence-corrected chi connectivity index (χ3v) is 2.96. The highest BCUT2D eigenvalue weighted by Gasteiger charge is 2.18. The molecule has 1 aliphatic rings. The fourth-order valence-electron chi connectivity index (χ4n) is 1.94. The standard InChI is InChI=1S/C12H21NO4/c1-13(9-10-5-2-3-8-17-10)11(14)6-4-7-12(15)16/h10H,2-9H2,1H3,(H,15,16). The van der Waals surface area contributed by atoms with E-state index in [1.807, 2.05) is 0 Å². The lowest BCUT2D eigenvalue weighted by molar-refractivity contribution is -0.137. The molecule has 0 spiro atoms. The fraction of sp³-hybridized carbons (Fsp3) is 0.833. The maximum Gasteiger partial charge on any atom is 0.303 e. The SMILES string of the molecule is CN(CC1CCCCO1)C(=O)CCCC(=O)O.